The van der Waals surface area contributed by atoms with Crippen LogP contribution in [0.3, 0.4) is 0 Å². The molecule has 1 fully saturated rings. The van der Waals surface area contributed by atoms with Crippen LogP contribution in [0.1, 0.15) is 37.3 Å². The topological polar surface area (TPSA) is 35.6 Å². The Bertz CT molecular complexity index is 1020. The minimum atomic E-state index is -0.0520. The lowest BCUT2D eigenvalue weighted by atomic mass is 9.94. The van der Waals surface area contributed by atoms with Crippen molar-refractivity contribution in [2.45, 2.75) is 19.9 Å². The molecule has 1 N–H and O–H groups in total. The van der Waals surface area contributed by atoms with E-state index in [1.165, 1.54) is 27.3 Å². The second-order valence-corrected chi connectivity index (χ2v) is 10.3. The van der Waals surface area contributed by atoms with Gasteiger partial charge in [0.15, 0.2) is 0 Å². The number of piperazine rings is 1. The van der Waals surface area contributed by atoms with Crippen LogP contribution >= 0.6 is 34.3 Å². The van der Waals surface area contributed by atoms with Crippen molar-refractivity contribution >= 4 is 45.2 Å². The van der Waals surface area contributed by atoms with Gasteiger partial charge in [-0.25, -0.2) is 0 Å². The molecule has 1 aromatic carbocycles. The molecule has 1 amide bonds. The first-order chi connectivity index (χ1) is 14.5. The molecule has 1 saturated heterocycles. The molecule has 158 valence electrons. The van der Waals surface area contributed by atoms with Crippen molar-refractivity contribution in [1.29, 1.82) is 0 Å². The Hall–Kier alpha value is -1.70. The van der Waals surface area contributed by atoms with Crippen molar-refractivity contribution in [3.63, 3.8) is 0 Å². The van der Waals surface area contributed by atoms with E-state index in [9.17, 15) is 4.79 Å². The first kappa shape index (κ1) is 21.5. The number of likely N-dealkylation sites (N-methyl/N-ethyl adjacent to an activating group) is 1. The zero-order chi connectivity index (χ0) is 21.3. The molecule has 1 atom stereocenters. The summed E-state index contributed by atoms with van der Waals surface area (Å²) in [7, 11) is 2.16. The van der Waals surface area contributed by atoms with Crippen molar-refractivity contribution in [3.8, 4) is 0 Å². The molecule has 0 bridgehead atoms. The average Bonchev–Trinajstić information content (AvgIpc) is 3.35. The third-order valence-electron chi connectivity index (χ3n) is 5.78. The van der Waals surface area contributed by atoms with Gasteiger partial charge >= 0.3 is 0 Å². The first-order valence-electron chi connectivity index (χ1n) is 10.1. The van der Waals surface area contributed by atoms with E-state index < -0.39 is 0 Å². The average molecular weight is 460 g/mol. The van der Waals surface area contributed by atoms with Crippen LogP contribution in [0.2, 0.25) is 5.02 Å². The van der Waals surface area contributed by atoms with E-state index >= 15 is 0 Å². The van der Waals surface area contributed by atoms with E-state index in [0.29, 0.717) is 0 Å². The lowest BCUT2D eigenvalue weighted by molar-refractivity contribution is 0.103. The Kier molecular flexibility index (Phi) is 6.60. The number of thiophene rings is 2. The van der Waals surface area contributed by atoms with Crippen molar-refractivity contribution < 1.29 is 4.79 Å². The lowest BCUT2D eigenvalue weighted by Gasteiger charge is -2.39. The summed E-state index contributed by atoms with van der Waals surface area (Å²) in [5.41, 5.74) is 3.49. The summed E-state index contributed by atoms with van der Waals surface area (Å²) in [5, 5.41) is 6.82. The Morgan fingerprint density at radius 1 is 1.10 bits per heavy atom. The number of nitrogens with one attached hydrogen (secondary N) is 1. The fourth-order valence-electron chi connectivity index (χ4n) is 3.95. The van der Waals surface area contributed by atoms with Crippen LogP contribution in [0.15, 0.2) is 41.8 Å². The molecule has 2 aromatic heterocycles. The first-order valence-corrected chi connectivity index (χ1v) is 12.1. The molecule has 30 heavy (non-hydrogen) atoms. The SMILES string of the molecule is Cc1sc(NC(=O)c2cccs2)c([C@H](c2ccccc2Cl)N2CCN(C)CC2)c1C. The zero-order valence-corrected chi connectivity index (χ0v) is 19.8. The summed E-state index contributed by atoms with van der Waals surface area (Å²) < 4.78 is 0. The molecule has 0 spiro atoms. The number of benzene rings is 1. The fraction of sp³-hybridized carbons (Fsp3) is 0.348. The third kappa shape index (κ3) is 4.34. The number of anilines is 1. The smallest absolute Gasteiger partial charge is 0.266 e. The van der Waals surface area contributed by atoms with Gasteiger partial charge in [0.05, 0.1) is 10.9 Å². The quantitative estimate of drug-likeness (QED) is 0.534. The molecule has 1 aliphatic heterocycles. The van der Waals surface area contributed by atoms with Gasteiger partial charge in [-0.1, -0.05) is 35.9 Å². The van der Waals surface area contributed by atoms with Crippen LogP contribution in [0.25, 0.3) is 0 Å². The maximum absolute atomic E-state index is 12.9. The van der Waals surface area contributed by atoms with Gasteiger partial charge in [-0.3, -0.25) is 9.69 Å². The van der Waals surface area contributed by atoms with Gasteiger partial charge in [-0.05, 0) is 49.5 Å². The number of halogens is 1. The predicted octanol–water partition coefficient (Wildman–Crippen LogP) is 5.67. The number of carbonyl (C=O) groups excluding carboxylic acids is 1. The molecule has 4 rings (SSSR count). The number of rotatable bonds is 5. The molecule has 0 radical (unpaired) electrons. The number of amides is 1. The molecule has 1 aliphatic rings. The molecule has 3 aromatic rings. The summed E-state index contributed by atoms with van der Waals surface area (Å²) in [4.78, 5) is 19.6. The van der Waals surface area contributed by atoms with Gasteiger partial charge < -0.3 is 10.2 Å². The largest absolute Gasteiger partial charge is 0.313 e. The maximum Gasteiger partial charge on any atom is 0.266 e. The van der Waals surface area contributed by atoms with Crippen molar-refractivity contribution in [1.82, 2.24) is 9.80 Å². The number of hydrogen-bond acceptors (Lipinski definition) is 5. The number of carbonyl (C=O) groups is 1. The van der Waals surface area contributed by atoms with E-state index in [-0.39, 0.29) is 11.9 Å². The monoisotopic (exact) mass is 459 g/mol. The third-order valence-corrected chi connectivity index (χ3v) is 8.13. The highest BCUT2D eigenvalue weighted by Gasteiger charge is 2.32. The maximum atomic E-state index is 12.9. The highest BCUT2D eigenvalue weighted by molar-refractivity contribution is 7.17. The van der Waals surface area contributed by atoms with Gasteiger partial charge in [0.25, 0.3) is 5.91 Å². The molecule has 0 saturated carbocycles. The van der Waals surface area contributed by atoms with Crippen LogP contribution in [0.4, 0.5) is 5.00 Å². The Morgan fingerprint density at radius 3 is 2.50 bits per heavy atom. The predicted molar refractivity (Wildman–Crippen MR) is 128 cm³/mol. The Balaban J connectivity index is 1.78. The van der Waals surface area contributed by atoms with Crippen LogP contribution in [0, 0.1) is 13.8 Å². The number of nitrogens with zero attached hydrogens (tertiary/aromatic N) is 2. The molecular formula is C23H26ClN3OS2. The van der Waals surface area contributed by atoms with E-state index in [0.717, 1.165) is 46.6 Å². The normalized spacial score (nSPS) is 16.5. The van der Waals surface area contributed by atoms with Gasteiger partial charge in [0.2, 0.25) is 0 Å². The van der Waals surface area contributed by atoms with E-state index in [1.54, 1.807) is 11.3 Å². The minimum Gasteiger partial charge on any atom is -0.313 e. The highest BCUT2D eigenvalue weighted by atomic mass is 35.5. The lowest BCUT2D eigenvalue weighted by Crippen LogP contribution is -2.46. The summed E-state index contributed by atoms with van der Waals surface area (Å²) in [6, 6.07) is 11.9. The molecule has 0 aliphatic carbocycles. The van der Waals surface area contributed by atoms with Crippen LogP contribution < -0.4 is 5.32 Å². The molecule has 0 unspecified atom stereocenters. The van der Waals surface area contributed by atoms with Gasteiger partial charge in [-0.2, -0.15) is 0 Å². The molecular weight excluding hydrogens is 434 g/mol. The molecule has 4 nitrogen and oxygen atoms in total. The van der Waals surface area contributed by atoms with E-state index in [1.807, 2.05) is 35.7 Å². The molecule has 7 heteroatoms. The number of hydrogen-bond donors (Lipinski definition) is 1. The summed E-state index contributed by atoms with van der Waals surface area (Å²) >= 11 is 9.81. The highest BCUT2D eigenvalue weighted by Crippen LogP contribution is 2.44. The summed E-state index contributed by atoms with van der Waals surface area (Å²) in [6.45, 7) is 8.22. The second-order valence-electron chi connectivity index (χ2n) is 7.72. The van der Waals surface area contributed by atoms with Crippen LogP contribution in [0.5, 0.6) is 0 Å². The zero-order valence-electron chi connectivity index (χ0n) is 17.4. The second kappa shape index (κ2) is 9.20. The summed E-state index contributed by atoms with van der Waals surface area (Å²) in [6.07, 6.45) is 0. The van der Waals surface area contributed by atoms with Crippen molar-refractivity contribution in [3.05, 3.63) is 73.2 Å². The van der Waals surface area contributed by atoms with E-state index in [4.69, 9.17) is 11.6 Å². The van der Waals surface area contributed by atoms with Gasteiger partial charge in [0.1, 0.15) is 5.00 Å². The van der Waals surface area contributed by atoms with Gasteiger partial charge in [-0.15, -0.1) is 22.7 Å². The molecule has 3 heterocycles. The van der Waals surface area contributed by atoms with Crippen LogP contribution in [-0.4, -0.2) is 48.9 Å². The van der Waals surface area contributed by atoms with Crippen molar-refractivity contribution in [2.24, 2.45) is 0 Å². The standard InChI is InChI=1S/C23H26ClN3OS2/c1-15-16(2)30-23(25-22(28)19-9-6-14-29-19)20(15)21(17-7-4-5-8-18(17)24)27-12-10-26(3)11-13-27/h4-9,14,21H,10-13H2,1-3H3,(H,25,28)/t21-/m0/s1. The van der Waals surface area contributed by atoms with E-state index in [2.05, 4.69) is 42.1 Å². The van der Waals surface area contributed by atoms with Gasteiger partial charge in [0, 0.05) is 41.6 Å². The fourth-order valence-corrected chi connectivity index (χ4v) is 5.90. The van der Waals surface area contributed by atoms with Crippen LogP contribution in [-0.2, 0) is 0 Å². The number of aryl methyl sites for hydroxylation is 1. The summed E-state index contributed by atoms with van der Waals surface area (Å²) in [5.74, 6) is -0.0520. The Morgan fingerprint density at radius 2 is 1.83 bits per heavy atom. The minimum absolute atomic E-state index is 0.0102. The van der Waals surface area contributed by atoms with Crippen molar-refractivity contribution in [2.75, 3.05) is 38.5 Å². The Labute approximate surface area is 191 Å².